The molecule has 0 aromatic heterocycles. The summed E-state index contributed by atoms with van der Waals surface area (Å²) in [4.78, 5) is 11.3. The van der Waals surface area contributed by atoms with Crippen LogP contribution in [0.15, 0.2) is 29.5 Å². The van der Waals surface area contributed by atoms with E-state index in [0.29, 0.717) is 35.4 Å². The highest BCUT2D eigenvalue weighted by atomic mass is 32.1. The molecule has 0 spiro atoms. The lowest BCUT2D eigenvalue weighted by Crippen LogP contribution is -2.28. The fraction of sp³-hybridized carbons (Fsp3) is 0.444. The molecular formula is C18H22F3N3O2S. The van der Waals surface area contributed by atoms with Gasteiger partial charge in [-0.1, -0.05) is 26.7 Å². The van der Waals surface area contributed by atoms with Gasteiger partial charge in [0.15, 0.2) is 0 Å². The Bertz CT molecular complexity index is 789. The Kier molecular flexibility index (Phi) is 6.26. The molecule has 1 aromatic carbocycles. The lowest BCUT2D eigenvalue weighted by atomic mass is 9.74. The maximum atomic E-state index is 13.0. The first-order chi connectivity index (χ1) is 12.4. The number of carbonyl (C=O) groups is 1. The third kappa shape index (κ3) is 5.26. The highest BCUT2D eigenvalue weighted by Crippen LogP contribution is 2.40. The summed E-state index contributed by atoms with van der Waals surface area (Å²) in [5.74, 6) is -1.33. The molecule has 1 aliphatic carbocycles. The van der Waals surface area contributed by atoms with Gasteiger partial charge in [0.1, 0.15) is 5.71 Å². The van der Waals surface area contributed by atoms with Gasteiger partial charge in [-0.2, -0.15) is 13.2 Å². The van der Waals surface area contributed by atoms with E-state index in [1.807, 2.05) is 13.8 Å². The second kappa shape index (κ2) is 7.93. The summed E-state index contributed by atoms with van der Waals surface area (Å²) < 4.78 is 41.5. The van der Waals surface area contributed by atoms with Crippen molar-refractivity contribution in [3.8, 4) is 0 Å². The van der Waals surface area contributed by atoms with Crippen LogP contribution < -0.4 is 10.0 Å². The third-order valence-electron chi connectivity index (χ3n) is 4.57. The van der Waals surface area contributed by atoms with E-state index in [9.17, 15) is 23.1 Å². The SMILES string of the molecule is CC1(C)CCC(Nc2ccc(C(F)(F)F)cc2CNS)=C(C(=N)C(=O)O)C1. The highest BCUT2D eigenvalue weighted by molar-refractivity contribution is 7.78. The summed E-state index contributed by atoms with van der Waals surface area (Å²) in [5.41, 5.74) is 0.284. The van der Waals surface area contributed by atoms with Crippen molar-refractivity contribution in [2.45, 2.75) is 45.8 Å². The topological polar surface area (TPSA) is 85.2 Å². The number of thiol groups is 1. The van der Waals surface area contributed by atoms with E-state index in [-0.39, 0.29) is 12.0 Å². The predicted molar refractivity (Wildman–Crippen MR) is 101 cm³/mol. The molecular weight excluding hydrogens is 379 g/mol. The van der Waals surface area contributed by atoms with Gasteiger partial charge in [0.25, 0.3) is 0 Å². The summed E-state index contributed by atoms with van der Waals surface area (Å²) in [6.45, 7) is 4.07. The Hall–Kier alpha value is -2.00. The van der Waals surface area contributed by atoms with Gasteiger partial charge in [0.2, 0.25) is 0 Å². The van der Waals surface area contributed by atoms with Gasteiger partial charge in [0, 0.05) is 23.5 Å². The van der Waals surface area contributed by atoms with Crippen molar-refractivity contribution in [2.24, 2.45) is 5.41 Å². The predicted octanol–water partition coefficient (Wildman–Crippen LogP) is 4.62. The van der Waals surface area contributed by atoms with Crippen LogP contribution in [0.3, 0.4) is 0 Å². The molecule has 0 aliphatic heterocycles. The maximum absolute atomic E-state index is 13.0. The minimum Gasteiger partial charge on any atom is -0.477 e. The van der Waals surface area contributed by atoms with Crippen molar-refractivity contribution < 1.29 is 23.1 Å². The lowest BCUT2D eigenvalue weighted by Gasteiger charge is -2.33. The summed E-state index contributed by atoms with van der Waals surface area (Å²) in [5, 5.41) is 20.2. The Labute approximate surface area is 161 Å². The summed E-state index contributed by atoms with van der Waals surface area (Å²) in [7, 11) is 0. The number of hydrogen-bond donors (Lipinski definition) is 5. The normalized spacial score (nSPS) is 17.0. The average Bonchev–Trinajstić information content (AvgIpc) is 2.56. The largest absolute Gasteiger partial charge is 0.477 e. The smallest absolute Gasteiger partial charge is 0.416 e. The van der Waals surface area contributed by atoms with Gasteiger partial charge in [0.05, 0.1) is 5.56 Å². The van der Waals surface area contributed by atoms with Gasteiger partial charge >= 0.3 is 12.1 Å². The first-order valence-corrected chi connectivity index (χ1v) is 8.77. The van der Waals surface area contributed by atoms with Crippen molar-refractivity contribution in [3.63, 3.8) is 0 Å². The zero-order valence-corrected chi connectivity index (χ0v) is 15.9. The highest BCUT2D eigenvalue weighted by Gasteiger charge is 2.33. The van der Waals surface area contributed by atoms with Crippen LogP contribution >= 0.6 is 12.8 Å². The van der Waals surface area contributed by atoms with Crippen LogP contribution in [0.25, 0.3) is 0 Å². The van der Waals surface area contributed by atoms with E-state index in [0.717, 1.165) is 18.6 Å². The fourth-order valence-electron chi connectivity index (χ4n) is 3.08. The van der Waals surface area contributed by atoms with Crippen LogP contribution in [0.5, 0.6) is 0 Å². The number of benzene rings is 1. The van der Waals surface area contributed by atoms with E-state index in [1.165, 1.54) is 6.07 Å². The van der Waals surface area contributed by atoms with Crippen molar-refractivity contribution in [1.29, 1.82) is 5.41 Å². The van der Waals surface area contributed by atoms with Crippen LogP contribution in [0.1, 0.15) is 44.2 Å². The number of anilines is 1. The van der Waals surface area contributed by atoms with E-state index >= 15 is 0 Å². The molecule has 0 fully saturated rings. The Morgan fingerprint density at radius 3 is 2.59 bits per heavy atom. The Morgan fingerprint density at radius 1 is 1.37 bits per heavy atom. The van der Waals surface area contributed by atoms with Crippen molar-refractivity contribution >= 4 is 30.2 Å². The van der Waals surface area contributed by atoms with Gasteiger partial charge < -0.3 is 10.4 Å². The minimum atomic E-state index is -4.46. The Morgan fingerprint density at radius 2 is 2.04 bits per heavy atom. The molecule has 27 heavy (non-hydrogen) atoms. The molecule has 5 nitrogen and oxygen atoms in total. The first-order valence-electron chi connectivity index (χ1n) is 8.33. The molecule has 1 aliphatic rings. The Balaban J connectivity index is 2.45. The monoisotopic (exact) mass is 401 g/mol. The van der Waals surface area contributed by atoms with Crippen LogP contribution in [-0.4, -0.2) is 16.8 Å². The molecule has 4 N–H and O–H groups in total. The molecule has 1 aromatic rings. The zero-order chi connectivity index (χ0) is 20.4. The maximum Gasteiger partial charge on any atom is 0.416 e. The average molecular weight is 401 g/mol. The lowest BCUT2D eigenvalue weighted by molar-refractivity contribution is -0.137. The molecule has 0 saturated heterocycles. The third-order valence-corrected chi connectivity index (χ3v) is 4.73. The van der Waals surface area contributed by atoms with Crippen LogP contribution in [0.4, 0.5) is 18.9 Å². The molecule has 0 bridgehead atoms. The molecule has 0 amide bonds. The van der Waals surface area contributed by atoms with Crippen LogP contribution in [0, 0.1) is 10.8 Å². The number of allylic oxidation sites excluding steroid dienone is 1. The van der Waals surface area contributed by atoms with Gasteiger partial charge in [-0.25, -0.2) is 4.79 Å². The van der Waals surface area contributed by atoms with E-state index < -0.39 is 23.4 Å². The second-order valence-electron chi connectivity index (χ2n) is 7.31. The minimum absolute atomic E-state index is 0.0832. The second-order valence-corrected chi connectivity index (χ2v) is 7.62. The van der Waals surface area contributed by atoms with Crippen LogP contribution in [0.2, 0.25) is 0 Å². The molecule has 0 atom stereocenters. The first kappa shape index (κ1) is 21.3. The van der Waals surface area contributed by atoms with Gasteiger partial charge in [-0.3, -0.25) is 10.1 Å². The fourth-order valence-corrected chi connectivity index (χ4v) is 3.25. The number of carboxylic acids is 1. The molecule has 2 rings (SSSR count). The van der Waals surface area contributed by atoms with Gasteiger partial charge in [-0.05, 0) is 48.4 Å². The molecule has 0 saturated carbocycles. The van der Waals surface area contributed by atoms with Crippen LogP contribution in [-0.2, 0) is 17.5 Å². The summed E-state index contributed by atoms with van der Waals surface area (Å²) in [6, 6.07) is 3.32. The van der Waals surface area contributed by atoms with Crippen molar-refractivity contribution in [3.05, 3.63) is 40.6 Å². The number of nitrogens with one attached hydrogen (secondary N) is 3. The van der Waals surface area contributed by atoms with Crippen molar-refractivity contribution in [2.75, 3.05) is 5.32 Å². The summed E-state index contributed by atoms with van der Waals surface area (Å²) in [6.07, 6.45) is -2.78. The number of alkyl halides is 3. The van der Waals surface area contributed by atoms with E-state index in [4.69, 9.17) is 5.41 Å². The molecule has 148 valence electrons. The number of carboxylic acid groups (broad SMARTS) is 1. The number of hydrogen-bond acceptors (Lipinski definition) is 5. The molecule has 9 heteroatoms. The molecule has 0 unspecified atom stereocenters. The van der Waals surface area contributed by atoms with Gasteiger partial charge in [-0.15, -0.1) is 0 Å². The summed E-state index contributed by atoms with van der Waals surface area (Å²) >= 11 is 3.87. The zero-order valence-electron chi connectivity index (χ0n) is 15.0. The number of halogens is 3. The quantitative estimate of drug-likeness (QED) is 0.356. The standard InChI is InChI=1S/C18H22F3N3O2S/c1-17(2)6-5-14(12(8-17)15(22)16(25)26)24-13-4-3-11(18(19,20)21)7-10(13)9-23-27/h3-4,7,22-24,27H,5-6,8-9H2,1-2H3,(H,25,26). The van der Waals surface area contributed by atoms with Crippen molar-refractivity contribution in [1.82, 2.24) is 4.72 Å². The van der Waals surface area contributed by atoms with E-state index in [2.05, 4.69) is 22.9 Å². The molecule has 0 radical (unpaired) electrons. The molecule has 0 heterocycles. The van der Waals surface area contributed by atoms with E-state index in [1.54, 1.807) is 0 Å². The number of aliphatic carboxylic acids is 1. The number of rotatable bonds is 6.